The fourth-order valence-corrected chi connectivity index (χ4v) is 3.64. The van der Waals surface area contributed by atoms with Gasteiger partial charge in [0, 0.05) is 33.0 Å². The number of nitrogens with two attached hydrogens (primary N) is 2. The third kappa shape index (κ3) is 5.63. The van der Waals surface area contributed by atoms with Crippen LogP contribution in [0.2, 0.25) is 10.0 Å². The zero-order valence-corrected chi connectivity index (χ0v) is 18.5. The lowest BCUT2D eigenvalue weighted by atomic mass is 10.2. The molecule has 0 atom stereocenters. The molecule has 0 aliphatic rings. The molecule has 11 nitrogen and oxygen atoms in total. The number of hydrogen-bond donors (Lipinski definition) is 3. The van der Waals surface area contributed by atoms with Gasteiger partial charge in [0.1, 0.15) is 12.7 Å². The minimum absolute atomic E-state index is 0.356. The summed E-state index contributed by atoms with van der Waals surface area (Å²) in [6.07, 6.45) is 3.04. The number of tetrazole rings is 2. The van der Waals surface area contributed by atoms with Gasteiger partial charge in [-0.1, -0.05) is 56.8 Å². The monoisotopic (exact) mass is 512 g/mol. The fourth-order valence-electron chi connectivity index (χ4n) is 2.40. The maximum absolute atomic E-state index is 6.03. The third-order valence-electron chi connectivity index (χ3n) is 3.72. The summed E-state index contributed by atoms with van der Waals surface area (Å²) in [5, 5.41) is 23.8. The summed E-state index contributed by atoms with van der Waals surface area (Å²) in [5.41, 5.74) is 18.1. The molecule has 5 N–H and O–H groups in total. The van der Waals surface area contributed by atoms with E-state index in [0.717, 1.165) is 22.5 Å². The Morgan fingerprint density at radius 3 is 1.73 bits per heavy atom. The van der Waals surface area contributed by atoms with E-state index < -0.39 is 0 Å². The van der Waals surface area contributed by atoms with E-state index in [0.29, 0.717) is 21.9 Å². The van der Waals surface area contributed by atoms with Gasteiger partial charge in [-0.25, -0.2) is 9.36 Å². The van der Waals surface area contributed by atoms with E-state index in [9.17, 15) is 0 Å². The number of rotatable bonds is 4. The Bertz CT molecular complexity index is 958. The van der Waals surface area contributed by atoms with Gasteiger partial charge in [-0.3, -0.25) is 0 Å². The average molecular weight is 514 g/mol. The lowest BCUT2D eigenvalue weighted by Crippen LogP contribution is -2.17. The Kier molecular flexibility index (Phi) is 9.41. The summed E-state index contributed by atoms with van der Waals surface area (Å²) in [5.74, 6) is 0. The standard InChI is InChI=1S/C8H6BrClN4.C8H8ClN5.H2N2/c9-4-6-7(10)2-1-3-8(6)14-5-11-12-13-14;9-7-2-1-3-8(6(7)4-10)14-5-11-12-13-14;1-2/h1-3,5H,4H2;1-3,5H,4,10H2;1-2H/p+1. The van der Waals surface area contributed by atoms with Crippen LogP contribution in [0.25, 0.3) is 11.4 Å². The van der Waals surface area contributed by atoms with E-state index in [-0.39, 0.29) is 0 Å². The van der Waals surface area contributed by atoms with Gasteiger partial charge in [-0.05, 0) is 45.1 Å². The van der Waals surface area contributed by atoms with E-state index >= 15 is 0 Å². The minimum Gasteiger partial charge on any atom is -0.326 e. The first-order chi connectivity index (χ1) is 14.7. The highest BCUT2D eigenvalue weighted by molar-refractivity contribution is 9.08. The lowest BCUT2D eigenvalue weighted by molar-refractivity contribution is -0.249. The van der Waals surface area contributed by atoms with E-state index in [1.807, 2.05) is 30.3 Å². The van der Waals surface area contributed by atoms with Crippen LogP contribution in [0.3, 0.4) is 0 Å². The lowest BCUT2D eigenvalue weighted by Gasteiger charge is -2.07. The van der Waals surface area contributed by atoms with Gasteiger partial charge < -0.3 is 5.73 Å². The van der Waals surface area contributed by atoms with Gasteiger partial charge in [-0.15, -0.1) is 10.2 Å². The smallest absolute Gasteiger partial charge is 0.143 e. The maximum Gasteiger partial charge on any atom is 0.143 e. The second kappa shape index (κ2) is 12.0. The number of nitrogens with one attached hydrogen (secondary N) is 1. The van der Waals surface area contributed by atoms with E-state index in [1.54, 1.807) is 10.7 Å². The Labute approximate surface area is 189 Å². The van der Waals surface area contributed by atoms with Crippen molar-refractivity contribution in [3.8, 4) is 11.4 Å². The highest BCUT2D eigenvalue weighted by Gasteiger charge is 2.08. The predicted molar refractivity (Wildman–Crippen MR) is 113 cm³/mol. The number of aromatic nitrogens is 8. The van der Waals surface area contributed by atoms with Crippen molar-refractivity contribution in [2.45, 2.75) is 11.9 Å². The second-order valence-electron chi connectivity index (χ2n) is 5.32. The molecule has 0 saturated heterocycles. The molecule has 0 unspecified atom stereocenters. The number of nitrogens with zero attached hydrogens (tertiary/aromatic N) is 8. The van der Waals surface area contributed by atoms with Crippen LogP contribution in [0, 0.1) is 5.53 Å². The van der Waals surface area contributed by atoms with E-state index in [1.165, 1.54) is 17.3 Å². The Hall–Kier alpha value is -2.80. The molecule has 0 aliphatic heterocycles. The van der Waals surface area contributed by atoms with Crippen LogP contribution < -0.4 is 11.3 Å². The normalized spacial score (nSPS) is 9.87. The van der Waals surface area contributed by atoms with Crippen molar-refractivity contribution >= 4 is 39.1 Å². The zero-order chi connectivity index (χ0) is 21.9. The maximum atomic E-state index is 6.03. The summed E-state index contributed by atoms with van der Waals surface area (Å²) in [6.45, 7) is 0.356. The quantitative estimate of drug-likeness (QED) is 0.276. The number of hydrogen-bond acceptors (Lipinski definition) is 8. The SMILES string of the molecule is Clc1cccc(-n2cnnn2)c1CBr.N=[NH2+].NCc1c(Cl)cccc1-n1cnnn1. The molecule has 0 saturated carbocycles. The first-order valence-electron chi connectivity index (χ1n) is 8.22. The molecule has 14 heteroatoms. The van der Waals surface area contributed by atoms with Crippen LogP contribution in [0.5, 0.6) is 0 Å². The van der Waals surface area contributed by atoms with Crippen molar-refractivity contribution in [1.82, 2.24) is 40.4 Å². The summed E-state index contributed by atoms with van der Waals surface area (Å²) in [4.78, 5) is 0. The Balaban J connectivity index is 0.000000197. The first kappa shape index (κ1) is 23.5. The molecule has 0 spiro atoms. The van der Waals surface area contributed by atoms with Crippen LogP contribution in [-0.4, -0.2) is 40.4 Å². The first-order valence-corrected chi connectivity index (χ1v) is 10.1. The van der Waals surface area contributed by atoms with E-state index in [2.05, 4.69) is 52.5 Å². The molecule has 156 valence electrons. The summed E-state index contributed by atoms with van der Waals surface area (Å²) >= 11 is 15.4. The minimum atomic E-state index is 0.356. The summed E-state index contributed by atoms with van der Waals surface area (Å²) in [6, 6.07) is 11.1. The van der Waals surface area contributed by atoms with Crippen LogP contribution in [0.15, 0.2) is 49.1 Å². The molecule has 0 radical (unpaired) electrons. The molecule has 0 bridgehead atoms. The van der Waals surface area contributed by atoms with Gasteiger partial charge in [-0.2, -0.15) is 5.53 Å². The van der Waals surface area contributed by atoms with Crippen LogP contribution >= 0.6 is 39.1 Å². The van der Waals surface area contributed by atoms with Crippen LogP contribution in [0.4, 0.5) is 0 Å². The molecule has 2 aromatic carbocycles. The van der Waals surface area contributed by atoms with Crippen molar-refractivity contribution in [2.75, 3.05) is 0 Å². The summed E-state index contributed by atoms with van der Waals surface area (Å²) in [7, 11) is 0. The second-order valence-corrected chi connectivity index (χ2v) is 6.70. The molecule has 4 rings (SSSR count). The van der Waals surface area contributed by atoms with E-state index in [4.69, 9.17) is 34.5 Å². The zero-order valence-electron chi connectivity index (χ0n) is 15.4. The van der Waals surface area contributed by atoms with Crippen molar-refractivity contribution in [3.63, 3.8) is 0 Å². The molecule has 2 heterocycles. The Morgan fingerprint density at radius 1 is 0.867 bits per heavy atom. The molecule has 4 aromatic rings. The summed E-state index contributed by atoms with van der Waals surface area (Å²) < 4.78 is 3.12. The highest BCUT2D eigenvalue weighted by atomic mass is 79.9. The van der Waals surface area contributed by atoms with Gasteiger partial charge >= 0.3 is 0 Å². The van der Waals surface area contributed by atoms with Gasteiger partial charge in [0.25, 0.3) is 0 Å². The van der Waals surface area contributed by atoms with Crippen LogP contribution in [0.1, 0.15) is 11.1 Å². The molecule has 0 amide bonds. The fraction of sp³-hybridized carbons (Fsp3) is 0.125. The molecular formula is C16H17BrCl2N11+. The third-order valence-corrected chi connectivity index (χ3v) is 4.99. The van der Waals surface area contributed by atoms with Crippen molar-refractivity contribution in [2.24, 2.45) is 5.73 Å². The largest absolute Gasteiger partial charge is 0.326 e. The highest BCUT2D eigenvalue weighted by Crippen LogP contribution is 2.24. The van der Waals surface area contributed by atoms with Gasteiger partial charge in [0.2, 0.25) is 0 Å². The average Bonchev–Trinajstić information content (AvgIpc) is 3.50. The topological polar surface area (TPSA) is 163 Å². The number of halogens is 3. The Morgan fingerprint density at radius 2 is 1.33 bits per heavy atom. The molecule has 0 aliphatic carbocycles. The van der Waals surface area contributed by atoms with Gasteiger partial charge in [0.05, 0.1) is 11.4 Å². The molecule has 0 fully saturated rings. The van der Waals surface area contributed by atoms with Crippen molar-refractivity contribution < 1.29 is 5.53 Å². The molecule has 30 heavy (non-hydrogen) atoms. The van der Waals surface area contributed by atoms with Crippen molar-refractivity contribution in [1.29, 1.82) is 5.53 Å². The predicted octanol–water partition coefficient (Wildman–Crippen LogP) is 1.76. The molecule has 2 aromatic heterocycles. The number of alkyl halides is 1. The number of benzene rings is 2. The van der Waals surface area contributed by atoms with Gasteiger partial charge in [0.15, 0.2) is 0 Å². The molecular weight excluding hydrogens is 497 g/mol. The van der Waals surface area contributed by atoms with Crippen molar-refractivity contribution in [3.05, 3.63) is 70.2 Å². The van der Waals surface area contributed by atoms with Crippen LogP contribution in [-0.2, 0) is 11.9 Å².